The molecule has 0 fully saturated rings. The van der Waals surface area contributed by atoms with Gasteiger partial charge in [-0.2, -0.15) is 0 Å². The van der Waals surface area contributed by atoms with Crippen molar-refractivity contribution >= 4 is 11.6 Å². The first-order valence-corrected chi connectivity index (χ1v) is 7.01. The zero-order valence-electron chi connectivity index (χ0n) is 12.1. The Labute approximate surface area is 120 Å². The smallest absolute Gasteiger partial charge is 0.145 e. The van der Waals surface area contributed by atoms with Crippen LogP contribution in [0.4, 0.5) is 4.39 Å². The highest BCUT2D eigenvalue weighted by Crippen LogP contribution is 2.19. The maximum Gasteiger partial charge on any atom is 0.145 e. The van der Waals surface area contributed by atoms with Crippen LogP contribution in [0.15, 0.2) is 18.2 Å². The molecule has 1 atom stereocenters. The van der Waals surface area contributed by atoms with Crippen LogP contribution in [-0.4, -0.2) is 24.8 Å². The largest absolute Gasteiger partial charge is 0.374 e. The third-order valence-corrected chi connectivity index (χ3v) is 3.00. The molecule has 0 heterocycles. The van der Waals surface area contributed by atoms with Crippen molar-refractivity contribution in [3.05, 3.63) is 34.6 Å². The minimum atomic E-state index is -0.331. The molecule has 0 bridgehead atoms. The Morgan fingerprint density at radius 1 is 1.37 bits per heavy atom. The predicted octanol–water partition coefficient (Wildman–Crippen LogP) is 3.81. The number of rotatable bonds is 6. The van der Waals surface area contributed by atoms with Gasteiger partial charge in [0.2, 0.25) is 0 Å². The van der Waals surface area contributed by atoms with E-state index in [-0.39, 0.29) is 22.5 Å². The van der Waals surface area contributed by atoms with Crippen molar-refractivity contribution in [2.45, 2.75) is 45.8 Å². The summed E-state index contributed by atoms with van der Waals surface area (Å²) in [6.45, 7) is 9.42. The number of ether oxygens (including phenoxy) is 1. The molecular formula is C15H23ClFNO. The van der Waals surface area contributed by atoms with Crippen LogP contribution in [0.25, 0.3) is 0 Å². The molecule has 0 aromatic heterocycles. The molecule has 2 nitrogen and oxygen atoms in total. The topological polar surface area (TPSA) is 21.3 Å². The molecule has 0 aliphatic rings. The van der Waals surface area contributed by atoms with E-state index in [1.807, 2.05) is 27.7 Å². The second-order valence-electron chi connectivity index (χ2n) is 5.60. The highest BCUT2D eigenvalue weighted by atomic mass is 35.5. The first-order chi connectivity index (χ1) is 8.83. The van der Waals surface area contributed by atoms with E-state index in [4.69, 9.17) is 16.3 Å². The Hall–Kier alpha value is -0.640. The molecule has 0 saturated heterocycles. The summed E-state index contributed by atoms with van der Waals surface area (Å²) in [6.07, 6.45) is 0.566. The SMILES string of the molecule is CCNC(COC(C)(C)C)Cc1cccc(Cl)c1F. The van der Waals surface area contributed by atoms with E-state index < -0.39 is 0 Å². The van der Waals surface area contributed by atoms with Gasteiger partial charge in [-0.15, -0.1) is 0 Å². The lowest BCUT2D eigenvalue weighted by atomic mass is 10.1. The summed E-state index contributed by atoms with van der Waals surface area (Å²) in [5.74, 6) is -0.331. The van der Waals surface area contributed by atoms with Crippen LogP contribution in [0.5, 0.6) is 0 Å². The first-order valence-electron chi connectivity index (χ1n) is 6.63. The van der Waals surface area contributed by atoms with Crippen LogP contribution in [-0.2, 0) is 11.2 Å². The molecular weight excluding hydrogens is 265 g/mol. The Kier molecular flexibility index (Phi) is 6.24. The Morgan fingerprint density at radius 3 is 2.63 bits per heavy atom. The van der Waals surface area contributed by atoms with Gasteiger partial charge in [0.1, 0.15) is 5.82 Å². The molecule has 108 valence electrons. The van der Waals surface area contributed by atoms with Gasteiger partial charge in [-0.1, -0.05) is 30.7 Å². The summed E-state index contributed by atoms with van der Waals surface area (Å²) in [5.41, 5.74) is 0.427. The number of nitrogens with one attached hydrogen (secondary N) is 1. The van der Waals surface area contributed by atoms with Crippen molar-refractivity contribution in [3.63, 3.8) is 0 Å². The lowest BCUT2D eigenvalue weighted by molar-refractivity contribution is -0.0142. The lowest BCUT2D eigenvalue weighted by Gasteiger charge is -2.25. The molecule has 1 unspecified atom stereocenters. The highest BCUT2D eigenvalue weighted by molar-refractivity contribution is 6.30. The van der Waals surface area contributed by atoms with Gasteiger partial charge in [-0.05, 0) is 45.4 Å². The molecule has 0 spiro atoms. The minimum absolute atomic E-state index is 0.0807. The van der Waals surface area contributed by atoms with Crippen molar-refractivity contribution in [2.75, 3.05) is 13.2 Å². The Bertz CT molecular complexity index is 404. The Morgan fingerprint density at radius 2 is 2.05 bits per heavy atom. The summed E-state index contributed by atoms with van der Waals surface area (Å²) >= 11 is 5.80. The van der Waals surface area contributed by atoms with Gasteiger partial charge < -0.3 is 10.1 Å². The average Bonchev–Trinajstić information content (AvgIpc) is 2.31. The standard InChI is InChI=1S/C15H23ClFNO/c1-5-18-12(10-19-15(2,3)4)9-11-7-6-8-13(16)14(11)17/h6-8,12,18H,5,9-10H2,1-4H3. The van der Waals surface area contributed by atoms with Gasteiger partial charge in [-0.25, -0.2) is 4.39 Å². The second kappa shape index (κ2) is 7.22. The highest BCUT2D eigenvalue weighted by Gasteiger charge is 2.17. The van der Waals surface area contributed by atoms with E-state index in [0.29, 0.717) is 18.6 Å². The van der Waals surface area contributed by atoms with Crippen LogP contribution in [0, 0.1) is 5.82 Å². The third-order valence-electron chi connectivity index (χ3n) is 2.71. The quantitative estimate of drug-likeness (QED) is 0.859. The molecule has 19 heavy (non-hydrogen) atoms. The first kappa shape index (κ1) is 16.4. The average molecular weight is 288 g/mol. The van der Waals surface area contributed by atoms with Gasteiger partial charge in [0.15, 0.2) is 0 Å². The number of halogens is 2. The fourth-order valence-electron chi connectivity index (χ4n) is 1.80. The fraction of sp³-hybridized carbons (Fsp3) is 0.600. The van der Waals surface area contributed by atoms with Gasteiger partial charge in [-0.3, -0.25) is 0 Å². The monoisotopic (exact) mass is 287 g/mol. The molecule has 1 aromatic rings. The van der Waals surface area contributed by atoms with E-state index in [0.717, 1.165) is 6.54 Å². The molecule has 0 aliphatic heterocycles. The summed E-state index contributed by atoms with van der Waals surface area (Å²) in [7, 11) is 0. The number of likely N-dealkylation sites (N-methyl/N-ethyl adjacent to an activating group) is 1. The van der Waals surface area contributed by atoms with Crippen molar-refractivity contribution in [3.8, 4) is 0 Å². The zero-order chi connectivity index (χ0) is 14.5. The van der Waals surface area contributed by atoms with Gasteiger partial charge in [0.05, 0.1) is 17.2 Å². The molecule has 1 rings (SSSR count). The number of hydrogen-bond donors (Lipinski definition) is 1. The molecule has 0 saturated carbocycles. The van der Waals surface area contributed by atoms with E-state index >= 15 is 0 Å². The molecule has 0 aliphatic carbocycles. The minimum Gasteiger partial charge on any atom is -0.374 e. The van der Waals surface area contributed by atoms with E-state index in [1.165, 1.54) is 0 Å². The molecule has 4 heteroatoms. The molecule has 0 amide bonds. The lowest BCUT2D eigenvalue weighted by Crippen LogP contribution is -2.38. The maximum atomic E-state index is 13.9. The van der Waals surface area contributed by atoms with Crippen LogP contribution >= 0.6 is 11.6 Å². The summed E-state index contributed by atoms with van der Waals surface area (Å²) in [6, 6.07) is 5.18. The predicted molar refractivity (Wildman–Crippen MR) is 78.3 cm³/mol. The van der Waals surface area contributed by atoms with Gasteiger partial charge in [0, 0.05) is 6.04 Å². The molecule has 0 radical (unpaired) electrons. The van der Waals surface area contributed by atoms with Crippen molar-refractivity contribution in [1.82, 2.24) is 5.32 Å². The molecule has 1 N–H and O–H groups in total. The van der Waals surface area contributed by atoms with Crippen LogP contribution in [0.1, 0.15) is 33.3 Å². The van der Waals surface area contributed by atoms with E-state index in [9.17, 15) is 4.39 Å². The summed E-state index contributed by atoms with van der Waals surface area (Å²) < 4.78 is 19.6. The van der Waals surface area contributed by atoms with Crippen LogP contribution in [0.3, 0.4) is 0 Å². The summed E-state index contributed by atoms with van der Waals surface area (Å²) in [4.78, 5) is 0. The van der Waals surface area contributed by atoms with Gasteiger partial charge in [0.25, 0.3) is 0 Å². The van der Waals surface area contributed by atoms with E-state index in [2.05, 4.69) is 5.32 Å². The van der Waals surface area contributed by atoms with Crippen molar-refractivity contribution in [1.29, 1.82) is 0 Å². The van der Waals surface area contributed by atoms with Crippen molar-refractivity contribution < 1.29 is 9.13 Å². The zero-order valence-corrected chi connectivity index (χ0v) is 12.9. The fourth-order valence-corrected chi connectivity index (χ4v) is 1.99. The number of hydrogen-bond acceptors (Lipinski definition) is 2. The van der Waals surface area contributed by atoms with Crippen LogP contribution in [0.2, 0.25) is 5.02 Å². The molecule has 1 aromatic carbocycles. The van der Waals surface area contributed by atoms with Gasteiger partial charge >= 0.3 is 0 Å². The maximum absolute atomic E-state index is 13.9. The third kappa shape index (κ3) is 5.89. The Balaban J connectivity index is 2.70. The van der Waals surface area contributed by atoms with Crippen molar-refractivity contribution in [2.24, 2.45) is 0 Å². The van der Waals surface area contributed by atoms with E-state index in [1.54, 1.807) is 18.2 Å². The second-order valence-corrected chi connectivity index (χ2v) is 6.00. The summed E-state index contributed by atoms with van der Waals surface area (Å²) in [5, 5.41) is 3.49. The normalized spacial score (nSPS) is 13.6. The van der Waals surface area contributed by atoms with Crippen LogP contribution < -0.4 is 5.32 Å². The number of benzene rings is 1.